The molecule has 6 heteroatoms. The minimum Gasteiger partial charge on any atom is -0.450 e. The lowest BCUT2D eigenvalue weighted by molar-refractivity contribution is -0.127. The minimum atomic E-state index is -0.300. The van der Waals surface area contributed by atoms with Crippen LogP contribution in [0, 0.1) is 17.7 Å². The monoisotopic (exact) mass is 376 g/mol. The Hall–Kier alpha value is -2.11. The standard InChI is InChI=1S/C21H29FN2O3/c1-2-27-21(26)24-13-11-17(12-14-24)20(25)23-19(15-5-3-4-6-15)16-7-9-18(22)10-8-16/h7-10,15,17,19H,2-6,11-14H2,1H3,(H,23,25). The first-order valence-electron chi connectivity index (χ1n) is 10.1. The van der Waals surface area contributed by atoms with Crippen LogP contribution in [0.3, 0.4) is 0 Å². The van der Waals surface area contributed by atoms with Crippen LogP contribution in [0.4, 0.5) is 9.18 Å². The predicted molar refractivity (Wildman–Crippen MR) is 101 cm³/mol. The molecule has 1 aromatic rings. The molecule has 1 saturated heterocycles. The Bertz CT molecular complexity index is 635. The molecule has 0 bridgehead atoms. The molecule has 1 saturated carbocycles. The van der Waals surface area contributed by atoms with Crippen molar-refractivity contribution >= 4 is 12.0 Å². The van der Waals surface area contributed by atoms with Crippen LogP contribution in [0.25, 0.3) is 0 Å². The zero-order chi connectivity index (χ0) is 19.2. The molecule has 5 nitrogen and oxygen atoms in total. The van der Waals surface area contributed by atoms with E-state index in [1.807, 2.05) is 0 Å². The van der Waals surface area contributed by atoms with Crippen LogP contribution >= 0.6 is 0 Å². The lowest BCUT2D eigenvalue weighted by Gasteiger charge is -2.32. The van der Waals surface area contributed by atoms with Gasteiger partial charge in [0.05, 0.1) is 12.6 Å². The Labute approximate surface area is 160 Å². The molecule has 1 aromatic carbocycles. The van der Waals surface area contributed by atoms with E-state index in [1.165, 1.54) is 25.0 Å². The van der Waals surface area contributed by atoms with E-state index in [-0.39, 0.29) is 29.8 Å². The normalized spacial score (nSPS) is 19.7. The van der Waals surface area contributed by atoms with Crippen molar-refractivity contribution in [3.63, 3.8) is 0 Å². The Morgan fingerprint density at radius 3 is 2.37 bits per heavy atom. The molecular formula is C21H29FN2O3. The summed E-state index contributed by atoms with van der Waals surface area (Å²) in [6.07, 6.45) is 5.52. The van der Waals surface area contributed by atoms with Crippen molar-refractivity contribution in [3.8, 4) is 0 Å². The second-order valence-corrected chi connectivity index (χ2v) is 7.54. The number of piperidine rings is 1. The number of hydrogen-bond donors (Lipinski definition) is 1. The van der Waals surface area contributed by atoms with E-state index in [4.69, 9.17) is 4.74 Å². The quantitative estimate of drug-likeness (QED) is 0.844. The highest BCUT2D eigenvalue weighted by Crippen LogP contribution is 2.36. The number of benzene rings is 1. The fourth-order valence-corrected chi connectivity index (χ4v) is 4.24. The summed E-state index contributed by atoms with van der Waals surface area (Å²) in [6.45, 7) is 3.24. The average molecular weight is 376 g/mol. The van der Waals surface area contributed by atoms with Gasteiger partial charge in [-0.05, 0) is 56.2 Å². The number of carbonyl (C=O) groups is 2. The zero-order valence-electron chi connectivity index (χ0n) is 16.0. The molecule has 2 amide bonds. The fourth-order valence-electron chi connectivity index (χ4n) is 4.24. The number of rotatable bonds is 5. The van der Waals surface area contributed by atoms with Crippen LogP contribution < -0.4 is 5.32 Å². The molecule has 1 heterocycles. The van der Waals surface area contributed by atoms with Crippen molar-refractivity contribution in [1.29, 1.82) is 0 Å². The molecule has 148 valence electrons. The number of hydrogen-bond acceptors (Lipinski definition) is 3. The first kappa shape index (κ1) is 19.6. The van der Waals surface area contributed by atoms with Gasteiger partial charge in [0.15, 0.2) is 0 Å². The third-order valence-corrected chi connectivity index (χ3v) is 5.79. The van der Waals surface area contributed by atoms with Crippen LogP contribution in [0.5, 0.6) is 0 Å². The second kappa shape index (κ2) is 9.20. The molecule has 0 aromatic heterocycles. The van der Waals surface area contributed by atoms with Gasteiger partial charge in [0.1, 0.15) is 5.82 Å². The van der Waals surface area contributed by atoms with E-state index in [0.717, 1.165) is 18.4 Å². The molecule has 1 aliphatic heterocycles. The van der Waals surface area contributed by atoms with E-state index in [9.17, 15) is 14.0 Å². The molecular weight excluding hydrogens is 347 g/mol. The first-order valence-corrected chi connectivity index (χ1v) is 10.1. The summed E-state index contributed by atoms with van der Waals surface area (Å²) < 4.78 is 18.3. The maximum atomic E-state index is 13.3. The highest BCUT2D eigenvalue weighted by molar-refractivity contribution is 5.79. The van der Waals surface area contributed by atoms with Gasteiger partial charge >= 0.3 is 6.09 Å². The van der Waals surface area contributed by atoms with Gasteiger partial charge in [-0.3, -0.25) is 4.79 Å². The van der Waals surface area contributed by atoms with Gasteiger partial charge in [-0.25, -0.2) is 9.18 Å². The summed E-state index contributed by atoms with van der Waals surface area (Å²) in [7, 11) is 0. The van der Waals surface area contributed by atoms with Gasteiger partial charge in [0, 0.05) is 19.0 Å². The van der Waals surface area contributed by atoms with Gasteiger partial charge in [-0.2, -0.15) is 0 Å². The van der Waals surface area contributed by atoms with Crippen molar-refractivity contribution in [2.24, 2.45) is 11.8 Å². The van der Waals surface area contributed by atoms with Gasteiger partial charge in [0.2, 0.25) is 5.91 Å². The Balaban J connectivity index is 1.61. The largest absolute Gasteiger partial charge is 0.450 e. The number of ether oxygens (including phenoxy) is 1. The van der Waals surface area contributed by atoms with Gasteiger partial charge in [0.25, 0.3) is 0 Å². The number of likely N-dealkylation sites (tertiary alicyclic amines) is 1. The number of amides is 2. The van der Waals surface area contributed by atoms with Crippen LogP contribution in [-0.2, 0) is 9.53 Å². The zero-order valence-corrected chi connectivity index (χ0v) is 16.0. The Morgan fingerprint density at radius 2 is 1.78 bits per heavy atom. The van der Waals surface area contributed by atoms with Crippen molar-refractivity contribution < 1.29 is 18.7 Å². The van der Waals surface area contributed by atoms with Gasteiger partial charge in [-0.15, -0.1) is 0 Å². The minimum absolute atomic E-state index is 0.0414. The number of nitrogens with zero attached hydrogens (tertiary/aromatic N) is 1. The lowest BCUT2D eigenvalue weighted by Crippen LogP contribution is -2.44. The molecule has 1 aliphatic carbocycles. The van der Waals surface area contributed by atoms with Gasteiger partial charge in [-0.1, -0.05) is 25.0 Å². The predicted octanol–water partition coefficient (Wildman–Crippen LogP) is 4.04. The molecule has 0 spiro atoms. The smallest absolute Gasteiger partial charge is 0.409 e. The molecule has 2 aliphatic rings. The molecule has 1 N–H and O–H groups in total. The Kier molecular flexibility index (Phi) is 6.69. The van der Waals surface area contributed by atoms with E-state index in [2.05, 4.69) is 5.32 Å². The van der Waals surface area contributed by atoms with E-state index in [1.54, 1.807) is 24.0 Å². The highest BCUT2D eigenvalue weighted by atomic mass is 19.1. The van der Waals surface area contributed by atoms with Crippen molar-refractivity contribution in [2.45, 2.75) is 51.5 Å². The maximum absolute atomic E-state index is 13.3. The molecule has 1 atom stereocenters. The molecule has 27 heavy (non-hydrogen) atoms. The average Bonchev–Trinajstić information content (AvgIpc) is 3.21. The summed E-state index contributed by atoms with van der Waals surface area (Å²) in [6, 6.07) is 6.41. The SMILES string of the molecule is CCOC(=O)N1CCC(C(=O)NC(c2ccc(F)cc2)C2CCCC2)CC1. The molecule has 3 rings (SSSR count). The highest BCUT2D eigenvalue weighted by Gasteiger charge is 2.32. The van der Waals surface area contributed by atoms with Crippen molar-refractivity contribution in [2.75, 3.05) is 19.7 Å². The van der Waals surface area contributed by atoms with E-state index >= 15 is 0 Å². The molecule has 0 radical (unpaired) electrons. The third-order valence-electron chi connectivity index (χ3n) is 5.79. The number of nitrogens with one attached hydrogen (secondary N) is 1. The van der Waals surface area contributed by atoms with Gasteiger partial charge < -0.3 is 15.0 Å². The summed E-state index contributed by atoms with van der Waals surface area (Å²) in [4.78, 5) is 26.4. The number of carbonyl (C=O) groups excluding carboxylic acids is 2. The van der Waals surface area contributed by atoms with Crippen molar-refractivity contribution in [1.82, 2.24) is 10.2 Å². The van der Waals surface area contributed by atoms with Crippen LogP contribution in [0.1, 0.15) is 57.1 Å². The summed E-state index contributed by atoms with van der Waals surface area (Å²) in [5, 5.41) is 3.24. The third kappa shape index (κ3) is 4.99. The molecule has 2 fully saturated rings. The summed E-state index contributed by atoms with van der Waals surface area (Å²) >= 11 is 0. The van der Waals surface area contributed by atoms with Crippen LogP contribution in [0.2, 0.25) is 0 Å². The fraction of sp³-hybridized carbons (Fsp3) is 0.619. The first-order chi connectivity index (χ1) is 13.1. The van der Waals surface area contributed by atoms with E-state index < -0.39 is 0 Å². The number of halogens is 1. The molecule has 1 unspecified atom stereocenters. The summed E-state index contributed by atoms with van der Waals surface area (Å²) in [5.74, 6) is 0.0837. The summed E-state index contributed by atoms with van der Waals surface area (Å²) in [5.41, 5.74) is 0.973. The lowest BCUT2D eigenvalue weighted by atomic mass is 9.89. The second-order valence-electron chi connectivity index (χ2n) is 7.54. The van der Waals surface area contributed by atoms with Crippen LogP contribution in [0.15, 0.2) is 24.3 Å². The van der Waals surface area contributed by atoms with Crippen LogP contribution in [-0.4, -0.2) is 36.6 Å². The Morgan fingerprint density at radius 1 is 1.15 bits per heavy atom. The van der Waals surface area contributed by atoms with Crippen molar-refractivity contribution in [3.05, 3.63) is 35.6 Å². The maximum Gasteiger partial charge on any atom is 0.409 e. The topological polar surface area (TPSA) is 58.6 Å². The van der Waals surface area contributed by atoms with E-state index in [0.29, 0.717) is 38.5 Å².